The van der Waals surface area contributed by atoms with Crippen molar-refractivity contribution in [1.29, 1.82) is 0 Å². The Hall–Kier alpha value is -1.69. The maximum atomic E-state index is 8.99. The molecule has 0 amide bonds. The van der Waals surface area contributed by atoms with Crippen LogP contribution in [-0.4, -0.2) is 31.2 Å². The summed E-state index contributed by atoms with van der Waals surface area (Å²) in [5.41, 5.74) is 7.13. The van der Waals surface area contributed by atoms with E-state index in [-0.39, 0.29) is 6.61 Å². The summed E-state index contributed by atoms with van der Waals surface area (Å²) < 4.78 is 1.98. The van der Waals surface area contributed by atoms with Gasteiger partial charge in [0.2, 0.25) is 0 Å². The van der Waals surface area contributed by atoms with Gasteiger partial charge in [-0.15, -0.1) is 0 Å². The molecule has 0 radical (unpaired) electrons. The van der Waals surface area contributed by atoms with Gasteiger partial charge in [-0.2, -0.15) is 0 Å². The Morgan fingerprint density at radius 1 is 1.38 bits per heavy atom. The van der Waals surface area contributed by atoms with Gasteiger partial charge < -0.3 is 15.4 Å². The van der Waals surface area contributed by atoms with Crippen LogP contribution >= 0.6 is 0 Å². The van der Waals surface area contributed by atoms with Crippen molar-refractivity contribution in [3.8, 4) is 0 Å². The van der Waals surface area contributed by atoms with E-state index >= 15 is 0 Å². The van der Waals surface area contributed by atoms with Crippen LogP contribution in [0.1, 0.15) is 6.42 Å². The van der Waals surface area contributed by atoms with Gasteiger partial charge in [0, 0.05) is 13.2 Å². The molecule has 6 nitrogen and oxygen atoms in total. The number of rotatable bonds is 3. The van der Waals surface area contributed by atoms with E-state index in [0.29, 0.717) is 23.2 Å². The quantitative estimate of drug-likeness (QED) is 0.760. The fourth-order valence-electron chi connectivity index (χ4n) is 2.04. The second-order valence-electron chi connectivity index (χ2n) is 4.27. The van der Waals surface area contributed by atoms with Crippen LogP contribution in [0.5, 0.6) is 0 Å². The Balaban J connectivity index is 1.90. The number of imidazole rings is 1. The summed E-state index contributed by atoms with van der Waals surface area (Å²) >= 11 is 0. The minimum atomic E-state index is 0.272. The van der Waals surface area contributed by atoms with Crippen molar-refractivity contribution < 1.29 is 5.11 Å². The number of hydrogen-bond donors (Lipinski definition) is 2. The minimum absolute atomic E-state index is 0.272. The lowest BCUT2D eigenvalue weighted by Crippen LogP contribution is -2.02. The summed E-state index contributed by atoms with van der Waals surface area (Å²) in [4.78, 5) is 12.3. The van der Waals surface area contributed by atoms with Crippen LogP contribution in [0.2, 0.25) is 0 Å². The Morgan fingerprint density at radius 2 is 2.25 bits per heavy atom. The molecule has 16 heavy (non-hydrogen) atoms. The van der Waals surface area contributed by atoms with Crippen molar-refractivity contribution >= 4 is 17.0 Å². The molecule has 0 aromatic carbocycles. The van der Waals surface area contributed by atoms with Gasteiger partial charge in [0.15, 0.2) is 11.5 Å². The van der Waals surface area contributed by atoms with E-state index in [1.165, 1.54) is 6.33 Å². The molecular weight excluding hydrogens is 206 g/mol. The van der Waals surface area contributed by atoms with Gasteiger partial charge in [-0.3, -0.25) is 0 Å². The third-order valence-electron chi connectivity index (χ3n) is 3.16. The lowest BCUT2D eigenvalue weighted by Gasteiger charge is -2.02. The third kappa shape index (κ3) is 1.42. The van der Waals surface area contributed by atoms with Crippen LogP contribution in [0, 0.1) is 11.8 Å². The Morgan fingerprint density at radius 3 is 3.00 bits per heavy atom. The normalized spacial score (nSPS) is 23.8. The van der Waals surface area contributed by atoms with Crippen molar-refractivity contribution in [3.05, 3.63) is 12.7 Å². The largest absolute Gasteiger partial charge is 0.396 e. The van der Waals surface area contributed by atoms with Crippen molar-refractivity contribution in [3.63, 3.8) is 0 Å². The molecule has 2 atom stereocenters. The molecule has 2 aromatic rings. The van der Waals surface area contributed by atoms with Gasteiger partial charge in [-0.1, -0.05) is 0 Å². The van der Waals surface area contributed by atoms with Crippen LogP contribution in [0.4, 0.5) is 5.82 Å². The molecule has 84 valence electrons. The molecule has 1 saturated carbocycles. The maximum Gasteiger partial charge on any atom is 0.165 e. The lowest BCUT2D eigenvalue weighted by atomic mass is 10.3. The maximum absolute atomic E-state index is 8.99. The summed E-state index contributed by atoms with van der Waals surface area (Å²) in [5, 5.41) is 8.99. The zero-order chi connectivity index (χ0) is 11.1. The van der Waals surface area contributed by atoms with E-state index in [4.69, 9.17) is 10.8 Å². The number of fused-ring (bicyclic) bond motifs is 1. The highest BCUT2D eigenvalue weighted by Gasteiger charge is 2.36. The van der Waals surface area contributed by atoms with Crippen LogP contribution in [0.15, 0.2) is 12.7 Å². The number of nitrogens with zero attached hydrogens (tertiary/aromatic N) is 4. The van der Waals surface area contributed by atoms with Crippen molar-refractivity contribution in [2.75, 3.05) is 12.3 Å². The fourth-order valence-corrected chi connectivity index (χ4v) is 2.04. The minimum Gasteiger partial charge on any atom is -0.396 e. The molecule has 1 aliphatic rings. The highest BCUT2D eigenvalue weighted by Crippen LogP contribution is 2.39. The van der Waals surface area contributed by atoms with Gasteiger partial charge in [-0.25, -0.2) is 15.0 Å². The fraction of sp³-hybridized carbons (Fsp3) is 0.500. The molecule has 3 N–H and O–H groups in total. The molecule has 6 heteroatoms. The number of aliphatic hydroxyl groups excluding tert-OH is 1. The highest BCUT2D eigenvalue weighted by atomic mass is 16.3. The molecule has 0 unspecified atom stereocenters. The molecule has 0 saturated heterocycles. The van der Waals surface area contributed by atoms with Crippen LogP contribution in [0.3, 0.4) is 0 Å². The number of anilines is 1. The van der Waals surface area contributed by atoms with E-state index < -0.39 is 0 Å². The lowest BCUT2D eigenvalue weighted by molar-refractivity contribution is 0.266. The first-order chi connectivity index (χ1) is 7.79. The Kier molecular flexibility index (Phi) is 2.03. The van der Waals surface area contributed by atoms with E-state index in [1.807, 2.05) is 4.57 Å². The van der Waals surface area contributed by atoms with Crippen LogP contribution in [-0.2, 0) is 6.54 Å². The first kappa shape index (κ1) is 9.53. The van der Waals surface area contributed by atoms with Crippen molar-refractivity contribution in [1.82, 2.24) is 19.5 Å². The van der Waals surface area contributed by atoms with Crippen molar-refractivity contribution in [2.24, 2.45) is 11.8 Å². The first-order valence-corrected chi connectivity index (χ1v) is 5.31. The topological polar surface area (TPSA) is 89.9 Å². The second kappa shape index (κ2) is 3.41. The van der Waals surface area contributed by atoms with E-state index in [9.17, 15) is 0 Å². The SMILES string of the molecule is Nc1ncnc2c1ncn2C[C@H]1C[C@@H]1CO. The monoisotopic (exact) mass is 219 g/mol. The average molecular weight is 219 g/mol. The number of aliphatic hydroxyl groups is 1. The van der Waals surface area contributed by atoms with Gasteiger partial charge in [0.25, 0.3) is 0 Å². The molecule has 2 aromatic heterocycles. The Labute approximate surface area is 92.1 Å². The predicted octanol–water partition coefficient (Wildman–Crippen LogP) is 0.0369. The van der Waals surface area contributed by atoms with Gasteiger partial charge in [0.1, 0.15) is 11.8 Å². The molecular formula is C10H13N5O. The molecule has 3 rings (SSSR count). The molecule has 2 heterocycles. The standard InChI is InChI=1S/C10H13N5O/c11-9-8-10(13-4-12-9)15(5-14-8)2-6-1-7(6)3-16/h4-7,16H,1-3H2,(H2,11,12,13)/t6-,7-/m1/s1. The summed E-state index contributed by atoms with van der Waals surface area (Å²) in [7, 11) is 0. The number of hydrogen-bond acceptors (Lipinski definition) is 5. The molecule has 0 spiro atoms. The first-order valence-electron chi connectivity index (χ1n) is 5.31. The summed E-state index contributed by atoms with van der Waals surface area (Å²) in [6, 6.07) is 0. The molecule has 0 bridgehead atoms. The second-order valence-corrected chi connectivity index (χ2v) is 4.27. The zero-order valence-corrected chi connectivity index (χ0v) is 8.74. The summed E-state index contributed by atoms with van der Waals surface area (Å²) in [6.45, 7) is 1.12. The summed E-state index contributed by atoms with van der Waals surface area (Å²) in [6.07, 6.45) is 4.27. The summed E-state index contributed by atoms with van der Waals surface area (Å²) in [5.74, 6) is 1.40. The van der Waals surface area contributed by atoms with Gasteiger partial charge in [0.05, 0.1) is 6.33 Å². The van der Waals surface area contributed by atoms with Crippen LogP contribution in [0.25, 0.3) is 11.2 Å². The van der Waals surface area contributed by atoms with Gasteiger partial charge >= 0.3 is 0 Å². The zero-order valence-electron chi connectivity index (χ0n) is 8.74. The van der Waals surface area contributed by atoms with Crippen molar-refractivity contribution in [2.45, 2.75) is 13.0 Å². The predicted molar refractivity (Wildman–Crippen MR) is 58.4 cm³/mol. The van der Waals surface area contributed by atoms with E-state index in [1.54, 1.807) is 6.33 Å². The third-order valence-corrected chi connectivity index (χ3v) is 3.16. The van der Waals surface area contributed by atoms with E-state index in [2.05, 4.69) is 15.0 Å². The molecule has 1 fully saturated rings. The number of nitrogens with two attached hydrogens (primary N) is 1. The molecule has 0 aliphatic heterocycles. The average Bonchev–Trinajstić information content (AvgIpc) is 2.91. The number of aromatic nitrogens is 4. The van der Waals surface area contributed by atoms with Crippen LogP contribution < -0.4 is 5.73 Å². The van der Waals surface area contributed by atoms with E-state index in [0.717, 1.165) is 18.6 Å². The molecule has 1 aliphatic carbocycles. The number of nitrogen functional groups attached to an aromatic ring is 1. The van der Waals surface area contributed by atoms with Gasteiger partial charge in [-0.05, 0) is 18.3 Å². The Bertz CT molecular complexity index is 523. The highest BCUT2D eigenvalue weighted by molar-refractivity contribution is 5.81. The smallest absolute Gasteiger partial charge is 0.165 e.